The highest BCUT2D eigenvalue weighted by atomic mass is 16.5. The second kappa shape index (κ2) is 5.68. The minimum atomic E-state index is 0.420. The normalized spacial score (nSPS) is 14.7. The van der Waals surface area contributed by atoms with Crippen LogP contribution in [0.3, 0.4) is 0 Å². The minimum Gasteiger partial charge on any atom is -0.493 e. The Balaban J connectivity index is 1.81. The van der Waals surface area contributed by atoms with Gasteiger partial charge in [0.15, 0.2) is 0 Å². The van der Waals surface area contributed by atoms with Crippen LogP contribution in [0.1, 0.15) is 35.1 Å². The van der Waals surface area contributed by atoms with Gasteiger partial charge in [-0.1, -0.05) is 43.3 Å². The van der Waals surface area contributed by atoms with Crippen LogP contribution in [0.25, 0.3) is 0 Å². The second-order valence-corrected chi connectivity index (χ2v) is 5.60. The van der Waals surface area contributed by atoms with E-state index in [4.69, 9.17) is 10.5 Å². The van der Waals surface area contributed by atoms with Gasteiger partial charge in [0, 0.05) is 6.42 Å². The molecule has 1 aliphatic heterocycles. The van der Waals surface area contributed by atoms with E-state index >= 15 is 0 Å². The molecule has 2 nitrogen and oxygen atoms in total. The van der Waals surface area contributed by atoms with Gasteiger partial charge in [0.2, 0.25) is 0 Å². The van der Waals surface area contributed by atoms with Crippen LogP contribution in [0, 0.1) is 0 Å². The zero-order chi connectivity index (χ0) is 13.9. The standard InChI is InChI=1S/C18H21NO/c1-13(12-19)16-4-2-3-14(10-16)9-15-5-6-18-17(11-15)7-8-20-18/h2-6,10-11,13H,7-9,12,19H2,1H3. The topological polar surface area (TPSA) is 35.2 Å². The fourth-order valence-corrected chi connectivity index (χ4v) is 2.73. The third-order valence-corrected chi connectivity index (χ3v) is 4.04. The first kappa shape index (κ1) is 13.2. The molecule has 0 aromatic heterocycles. The van der Waals surface area contributed by atoms with Gasteiger partial charge in [-0.05, 0) is 47.2 Å². The predicted molar refractivity (Wildman–Crippen MR) is 82.4 cm³/mol. The number of ether oxygens (including phenoxy) is 1. The largest absolute Gasteiger partial charge is 0.493 e. The van der Waals surface area contributed by atoms with Gasteiger partial charge >= 0.3 is 0 Å². The molecule has 20 heavy (non-hydrogen) atoms. The van der Waals surface area contributed by atoms with Gasteiger partial charge in [-0.3, -0.25) is 0 Å². The lowest BCUT2D eigenvalue weighted by Crippen LogP contribution is -2.09. The molecule has 0 spiro atoms. The highest BCUT2D eigenvalue weighted by Gasteiger charge is 2.12. The molecule has 1 heterocycles. The monoisotopic (exact) mass is 267 g/mol. The van der Waals surface area contributed by atoms with Crippen molar-refractivity contribution in [3.63, 3.8) is 0 Å². The Morgan fingerprint density at radius 2 is 2.00 bits per heavy atom. The highest BCUT2D eigenvalue weighted by molar-refractivity contribution is 5.41. The highest BCUT2D eigenvalue weighted by Crippen LogP contribution is 2.27. The van der Waals surface area contributed by atoms with Crippen LogP contribution >= 0.6 is 0 Å². The van der Waals surface area contributed by atoms with E-state index in [1.54, 1.807) is 0 Å². The van der Waals surface area contributed by atoms with Crippen molar-refractivity contribution in [2.75, 3.05) is 13.2 Å². The Morgan fingerprint density at radius 3 is 2.85 bits per heavy atom. The fraction of sp³-hybridized carbons (Fsp3) is 0.333. The Bertz CT molecular complexity index is 606. The number of fused-ring (bicyclic) bond motifs is 1. The molecule has 0 bridgehead atoms. The molecule has 2 heteroatoms. The van der Waals surface area contributed by atoms with Crippen molar-refractivity contribution in [1.82, 2.24) is 0 Å². The predicted octanol–water partition coefficient (Wildman–Crippen LogP) is 3.27. The lowest BCUT2D eigenvalue weighted by molar-refractivity contribution is 0.357. The summed E-state index contributed by atoms with van der Waals surface area (Å²) in [4.78, 5) is 0. The third-order valence-electron chi connectivity index (χ3n) is 4.04. The molecule has 1 unspecified atom stereocenters. The minimum absolute atomic E-state index is 0.420. The van der Waals surface area contributed by atoms with Gasteiger partial charge in [-0.15, -0.1) is 0 Å². The summed E-state index contributed by atoms with van der Waals surface area (Å²) >= 11 is 0. The first-order valence-corrected chi connectivity index (χ1v) is 7.30. The van der Waals surface area contributed by atoms with Gasteiger partial charge in [0.25, 0.3) is 0 Å². The van der Waals surface area contributed by atoms with Crippen LogP contribution in [-0.4, -0.2) is 13.2 Å². The molecule has 3 rings (SSSR count). The van der Waals surface area contributed by atoms with E-state index in [-0.39, 0.29) is 0 Å². The van der Waals surface area contributed by atoms with Gasteiger partial charge < -0.3 is 10.5 Å². The lowest BCUT2D eigenvalue weighted by atomic mass is 9.96. The van der Waals surface area contributed by atoms with Crippen LogP contribution in [0.15, 0.2) is 42.5 Å². The Labute approximate surface area is 120 Å². The van der Waals surface area contributed by atoms with Crippen molar-refractivity contribution in [2.45, 2.75) is 25.7 Å². The molecule has 0 radical (unpaired) electrons. The fourth-order valence-electron chi connectivity index (χ4n) is 2.73. The Morgan fingerprint density at radius 1 is 1.15 bits per heavy atom. The van der Waals surface area contributed by atoms with Gasteiger partial charge in [-0.2, -0.15) is 0 Å². The third kappa shape index (κ3) is 2.70. The lowest BCUT2D eigenvalue weighted by Gasteiger charge is -2.11. The first-order valence-electron chi connectivity index (χ1n) is 7.30. The van der Waals surface area contributed by atoms with Gasteiger partial charge in [0.05, 0.1) is 6.61 Å². The molecule has 0 amide bonds. The van der Waals surface area contributed by atoms with Crippen LogP contribution in [0.5, 0.6) is 5.75 Å². The summed E-state index contributed by atoms with van der Waals surface area (Å²) in [7, 11) is 0. The molecule has 2 aromatic rings. The van der Waals surface area contributed by atoms with Crippen molar-refractivity contribution >= 4 is 0 Å². The molecule has 2 N–H and O–H groups in total. The van der Waals surface area contributed by atoms with Crippen molar-refractivity contribution < 1.29 is 4.74 Å². The Hall–Kier alpha value is -1.80. The summed E-state index contributed by atoms with van der Waals surface area (Å²) in [5.41, 5.74) is 11.1. The molecular weight excluding hydrogens is 246 g/mol. The number of benzene rings is 2. The van der Waals surface area contributed by atoms with Crippen molar-refractivity contribution in [3.05, 3.63) is 64.7 Å². The molecule has 0 saturated carbocycles. The van der Waals surface area contributed by atoms with Crippen molar-refractivity contribution in [3.8, 4) is 5.75 Å². The Kier molecular flexibility index (Phi) is 3.75. The number of nitrogens with two attached hydrogens (primary N) is 1. The van der Waals surface area contributed by atoms with Crippen LogP contribution in [-0.2, 0) is 12.8 Å². The average Bonchev–Trinajstić information content (AvgIpc) is 2.94. The molecular formula is C18H21NO. The van der Waals surface area contributed by atoms with Gasteiger partial charge in [0.1, 0.15) is 5.75 Å². The SMILES string of the molecule is CC(CN)c1cccc(Cc2ccc3c(c2)CCO3)c1. The number of rotatable bonds is 4. The quantitative estimate of drug-likeness (QED) is 0.922. The maximum atomic E-state index is 5.75. The van der Waals surface area contributed by atoms with Gasteiger partial charge in [-0.25, -0.2) is 0 Å². The molecule has 2 aromatic carbocycles. The summed E-state index contributed by atoms with van der Waals surface area (Å²) in [6.07, 6.45) is 2.01. The van der Waals surface area contributed by atoms with Crippen LogP contribution < -0.4 is 10.5 Å². The van der Waals surface area contributed by atoms with E-state index in [0.29, 0.717) is 12.5 Å². The second-order valence-electron chi connectivity index (χ2n) is 5.60. The molecule has 1 aliphatic rings. The maximum absolute atomic E-state index is 5.75. The van der Waals surface area contributed by atoms with E-state index in [1.807, 2.05) is 0 Å². The number of hydrogen-bond donors (Lipinski definition) is 1. The molecule has 0 saturated heterocycles. The summed E-state index contributed by atoms with van der Waals surface area (Å²) in [6, 6.07) is 15.3. The molecule has 0 fully saturated rings. The molecule has 0 aliphatic carbocycles. The molecule has 104 valence electrons. The summed E-state index contributed by atoms with van der Waals surface area (Å²) in [6.45, 7) is 3.69. The van der Waals surface area contributed by atoms with Crippen LogP contribution in [0.4, 0.5) is 0 Å². The summed E-state index contributed by atoms with van der Waals surface area (Å²) in [5, 5.41) is 0. The van der Waals surface area contributed by atoms with Crippen molar-refractivity contribution in [1.29, 1.82) is 0 Å². The van der Waals surface area contributed by atoms with Crippen LogP contribution in [0.2, 0.25) is 0 Å². The summed E-state index contributed by atoms with van der Waals surface area (Å²) < 4.78 is 5.55. The smallest absolute Gasteiger partial charge is 0.122 e. The zero-order valence-corrected chi connectivity index (χ0v) is 11.9. The van der Waals surface area contributed by atoms with Crippen molar-refractivity contribution in [2.24, 2.45) is 5.73 Å². The van der Waals surface area contributed by atoms with E-state index < -0.39 is 0 Å². The molecule has 1 atom stereocenters. The average molecular weight is 267 g/mol. The van der Waals surface area contributed by atoms with E-state index in [2.05, 4.69) is 49.4 Å². The first-order chi connectivity index (χ1) is 9.76. The summed E-state index contributed by atoms with van der Waals surface area (Å²) in [5.74, 6) is 1.47. The van der Waals surface area contributed by atoms with E-state index in [0.717, 1.165) is 25.2 Å². The van der Waals surface area contributed by atoms with E-state index in [9.17, 15) is 0 Å². The number of hydrogen-bond acceptors (Lipinski definition) is 2. The maximum Gasteiger partial charge on any atom is 0.122 e. The zero-order valence-electron chi connectivity index (χ0n) is 11.9. The van der Waals surface area contributed by atoms with E-state index in [1.165, 1.54) is 22.3 Å².